The largest absolute Gasteiger partial charge is 0.340 e. The summed E-state index contributed by atoms with van der Waals surface area (Å²) in [6.45, 7) is 4.16. The number of carbonyl (C=O) groups is 1. The number of nitrogens with two attached hydrogens (primary N) is 1. The number of likely N-dealkylation sites (N-methyl/N-ethyl adjacent to an activating group) is 1. The van der Waals surface area contributed by atoms with E-state index in [1.807, 2.05) is 19.1 Å². The fourth-order valence-corrected chi connectivity index (χ4v) is 2.44. The summed E-state index contributed by atoms with van der Waals surface area (Å²) in [4.78, 5) is 13.9. The van der Waals surface area contributed by atoms with Gasteiger partial charge in [0, 0.05) is 13.6 Å². The maximum absolute atomic E-state index is 12.3. The van der Waals surface area contributed by atoms with E-state index >= 15 is 0 Å². The summed E-state index contributed by atoms with van der Waals surface area (Å²) in [6.07, 6.45) is 1.52. The van der Waals surface area contributed by atoms with E-state index in [0.717, 1.165) is 12.0 Å². The molecule has 1 aromatic rings. The van der Waals surface area contributed by atoms with Crippen LogP contribution in [0.2, 0.25) is 10.0 Å². The van der Waals surface area contributed by atoms with E-state index in [0.29, 0.717) is 23.0 Å². The molecule has 114 valence electrons. The molecule has 0 aliphatic heterocycles. The number of rotatable bonds is 5. The first-order valence-corrected chi connectivity index (χ1v) is 7.02. The lowest BCUT2D eigenvalue weighted by molar-refractivity contribution is -0.135. The Balaban J connectivity index is 0.00000361. The first kappa shape index (κ1) is 19.5. The molecule has 1 atom stereocenters. The average molecular weight is 340 g/mol. The van der Waals surface area contributed by atoms with Crippen LogP contribution in [-0.4, -0.2) is 23.4 Å². The molecular formula is C14H21Cl3N2O. The summed E-state index contributed by atoms with van der Waals surface area (Å²) in [5, 5.41) is 0.974. The topological polar surface area (TPSA) is 46.3 Å². The molecule has 0 heterocycles. The maximum Gasteiger partial charge on any atom is 0.242 e. The van der Waals surface area contributed by atoms with Crippen LogP contribution in [0.4, 0.5) is 0 Å². The molecule has 0 aromatic heterocycles. The van der Waals surface area contributed by atoms with Crippen molar-refractivity contribution in [3.05, 3.63) is 33.8 Å². The standard InChI is InChI=1S/C14H20Cl2N2O.ClH/c1-4-8-14(2,17)13(19)18(3)9-10-6-5-7-11(15)12(10)16;/h5-7H,4,8-9,17H2,1-3H3;1H. The van der Waals surface area contributed by atoms with Crippen LogP contribution in [0.3, 0.4) is 0 Å². The molecule has 6 heteroatoms. The minimum Gasteiger partial charge on any atom is -0.340 e. The maximum atomic E-state index is 12.3. The van der Waals surface area contributed by atoms with E-state index < -0.39 is 5.54 Å². The van der Waals surface area contributed by atoms with Crippen molar-refractivity contribution in [2.24, 2.45) is 5.73 Å². The van der Waals surface area contributed by atoms with Crippen LogP contribution < -0.4 is 5.73 Å². The fourth-order valence-electron chi connectivity index (χ4n) is 2.06. The van der Waals surface area contributed by atoms with Gasteiger partial charge < -0.3 is 10.6 Å². The van der Waals surface area contributed by atoms with Crippen LogP contribution in [0.5, 0.6) is 0 Å². The summed E-state index contributed by atoms with van der Waals surface area (Å²) >= 11 is 12.1. The van der Waals surface area contributed by atoms with Gasteiger partial charge in [-0.2, -0.15) is 0 Å². The molecule has 1 aromatic carbocycles. The molecule has 2 N–H and O–H groups in total. The Kier molecular flexibility index (Phi) is 7.89. The lowest BCUT2D eigenvalue weighted by atomic mass is 9.96. The van der Waals surface area contributed by atoms with Gasteiger partial charge in [-0.1, -0.05) is 48.7 Å². The molecule has 0 spiro atoms. The zero-order valence-electron chi connectivity index (χ0n) is 12.0. The van der Waals surface area contributed by atoms with Crippen molar-refractivity contribution < 1.29 is 4.79 Å². The summed E-state index contributed by atoms with van der Waals surface area (Å²) in [7, 11) is 1.72. The molecule has 0 saturated heterocycles. The third kappa shape index (κ3) is 4.81. The fraction of sp³-hybridized carbons (Fsp3) is 0.500. The Morgan fingerprint density at radius 2 is 2.00 bits per heavy atom. The lowest BCUT2D eigenvalue weighted by Gasteiger charge is -2.29. The molecule has 1 amide bonds. The Morgan fingerprint density at radius 3 is 2.55 bits per heavy atom. The predicted octanol–water partition coefficient (Wildman–Crippen LogP) is 3.89. The molecule has 0 aliphatic carbocycles. The van der Waals surface area contributed by atoms with Crippen molar-refractivity contribution in [1.29, 1.82) is 0 Å². The van der Waals surface area contributed by atoms with Crippen molar-refractivity contribution in [3.8, 4) is 0 Å². The van der Waals surface area contributed by atoms with Crippen LogP contribution in [0.1, 0.15) is 32.3 Å². The van der Waals surface area contributed by atoms with Crippen LogP contribution in [-0.2, 0) is 11.3 Å². The van der Waals surface area contributed by atoms with E-state index in [2.05, 4.69) is 0 Å². The monoisotopic (exact) mass is 338 g/mol. The van der Waals surface area contributed by atoms with Crippen LogP contribution >= 0.6 is 35.6 Å². The molecule has 0 aliphatic rings. The van der Waals surface area contributed by atoms with Gasteiger partial charge in [0.2, 0.25) is 5.91 Å². The first-order chi connectivity index (χ1) is 8.79. The van der Waals surface area contributed by atoms with Gasteiger partial charge in [0.25, 0.3) is 0 Å². The quantitative estimate of drug-likeness (QED) is 0.884. The Bertz CT molecular complexity index is 464. The van der Waals surface area contributed by atoms with Crippen LogP contribution in [0.15, 0.2) is 18.2 Å². The number of hydrogen-bond acceptors (Lipinski definition) is 2. The third-order valence-corrected chi connectivity index (χ3v) is 3.90. The number of amides is 1. The molecular weight excluding hydrogens is 319 g/mol. The first-order valence-electron chi connectivity index (χ1n) is 6.27. The van der Waals surface area contributed by atoms with E-state index in [1.165, 1.54) is 0 Å². The van der Waals surface area contributed by atoms with Crippen molar-refractivity contribution in [2.45, 2.75) is 38.8 Å². The molecule has 3 nitrogen and oxygen atoms in total. The van der Waals surface area contributed by atoms with E-state index in [-0.39, 0.29) is 18.3 Å². The molecule has 0 saturated carbocycles. The van der Waals surface area contributed by atoms with Gasteiger partial charge in [0.15, 0.2) is 0 Å². The number of carbonyl (C=O) groups excluding carboxylic acids is 1. The number of halogens is 3. The van der Waals surface area contributed by atoms with E-state index in [1.54, 1.807) is 24.9 Å². The highest BCUT2D eigenvalue weighted by molar-refractivity contribution is 6.42. The highest BCUT2D eigenvalue weighted by Gasteiger charge is 2.30. The molecule has 0 fully saturated rings. The van der Waals surface area contributed by atoms with Gasteiger partial charge in [-0.3, -0.25) is 4.79 Å². The summed E-state index contributed by atoms with van der Waals surface area (Å²) in [6, 6.07) is 5.39. The average Bonchev–Trinajstić information content (AvgIpc) is 2.33. The highest BCUT2D eigenvalue weighted by atomic mass is 35.5. The van der Waals surface area contributed by atoms with Gasteiger partial charge in [-0.25, -0.2) is 0 Å². The summed E-state index contributed by atoms with van der Waals surface area (Å²) in [5.41, 5.74) is 6.02. The zero-order valence-corrected chi connectivity index (χ0v) is 14.3. The highest BCUT2D eigenvalue weighted by Crippen LogP contribution is 2.26. The Morgan fingerprint density at radius 1 is 1.40 bits per heavy atom. The van der Waals surface area contributed by atoms with Crippen LogP contribution in [0, 0.1) is 0 Å². The third-order valence-electron chi connectivity index (χ3n) is 3.04. The van der Waals surface area contributed by atoms with Crippen molar-refractivity contribution in [2.75, 3.05) is 7.05 Å². The predicted molar refractivity (Wildman–Crippen MR) is 87.7 cm³/mol. The molecule has 1 unspecified atom stereocenters. The number of benzene rings is 1. The zero-order chi connectivity index (χ0) is 14.6. The molecule has 0 bridgehead atoms. The molecule has 0 radical (unpaired) electrons. The Labute approximate surface area is 136 Å². The van der Waals surface area contributed by atoms with Gasteiger partial charge in [-0.05, 0) is 25.0 Å². The van der Waals surface area contributed by atoms with Crippen molar-refractivity contribution in [3.63, 3.8) is 0 Å². The second-order valence-electron chi connectivity index (χ2n) is 5.04. The minimum atomic E-state index is -0.839. The molecule has 20 heavy (non-hydrogen) atoms. The van der Waals surface area contributed by atoms with Crippen molar-refractivity contribution >= 4 is 41.5 Å². The van der Waals surface area contributed by atoms with Gasteiger partial charge >= 0.3 is 0 Å². The van der Waals surface area contributed by atoms with Crippen LogP contribution in [0.25, 0.3) is 0 Å². The van der Waals surface area contributed by atoms with Gasteiger partial charge in [0.1, 0.15) is 0 Å². The van der Waals surface area contributed by atoms with Gasteiger partial charge in [0.05, 0.1) is 15.6 Å². The van der Waals surface area contributed by atoms with Gasteiger partial charge in [-0.15, -0.1) is 12.4 Å². The number of hydrogen-bond donors (Lipinski definition) is 1. The number of nitrogens with zero attached hydrogens (tertiary/aromatic N) is 1. The Hall–Kier alpha value is -0.480. The van der Waals surface area contributed by atoms with Crippen molar-refractivity contribution in [1.82, 2.24) is 4.90 Å². The summed E-state index contributed by atoms with van der Waals surface area (Å²) in [5.74, 6) is -0.0922. The van der Waals surface area contributed by atoms with E-state index in [4.69, 9.17) is 28.9 Å². The SMILES string of the molecule is CCCC(C)(N)C(=O)N(C)Cc1cccc(Cl)c1Cl.Cl. The smallest absolute Gasteiger partial charge is 0.242 e. The van der Waals surface area contributed by atoms with E-state index in [9.17, 15) is 4.79 Å². The minimum absolute atomic E-state index is 0. The normalized spacial score (nSPS) is 13.3. The summed E-state index contributed by atoms with van der Waals surface area (Å²) < 4.78 is 0. The molecule has 1 rings (SSSR count). The second kappa shape index (κ2) is 8.08. The second-order valence-corrected chi connectivity index (χ2v) is 5.83. The lowest BCUT2D eigenvalue weighted by Crippen LogP contribution is -2.51.